The van der Waals surface area contributed by atoms with Crippen molar-refractivity contribution in [3.63, 3.8) is 0 Å². The lowest BCUT2D eigenvalue weighted by atomic mass is 10.0. The Morgan fingerprint density at radius 1 is 1.21 bits per heavy atom. The van der Waals surface area contributed by atoms with Crippen LogP contribution in [0.2, 0.25) is 0 Å². The van der Waals surface area contributed by atoms with Crippen molar-refractivity contribution in [2.75, 3.05) is 31.1 Å². The van der Waals surface area contributed by atoms with Crippen molar-refractivity contribution in [3.05, 3.63) is 27.8 Å². The van der Waals surface area contributed by atoms with E-state index in [1.54, 1.807) is 32.6 Å². The highest BCUT2D eigenvalue weighted by Gasteiger charge is 2.30. The van der Waals surface area contributed by atoms with Crippen molar-refractivity contribution >= 4 is 23.6 Å². The number of hydrogen-bond donors (Lipinski definition) is 1. The summed E-state index contributed by atoms with van der Waals surface area (Å²) in [5, 5.41) is 20.4. The highest BCUT2D eigenvalue weighted by atomic mass is 16.7. The molecule has 0 atom stereocenters. The van der Waals surface area contributed by atoms with E-state index < -0.39 is 22.8 Å². The molecule has 1 saturated heterocycles. The number of benzene rings is 1. The van der Waals surface area contributed by atoms with Gasteiger partial charge in [-0.15, -0.1) is 0 Å². The van der Waals surface area contributed by atoms with Crippen LogP contribution in [0.5, 0.6) is 5.75 Å². The van der Waals surface area contributed by atoms with E-state index in [9.17, 15) is 19.7 Å². The second-order valence-electron chi connectivity index (χ2n) is 7.34. The van der Waals surface area contributed by atoms with Crippen LogP contribution < -0.4 is 9.64 Å². The number of carbonyl (C=O) groups excluding carboxylic acids is 1. The van der Waals surface area contributed by atoms with Crippen LogP contribution in [0.3, 0.4) is 0 Å². The lowest BCUT2D eigenvalue weighted by Crippen LogP contribution is -2.50. The number of nitro groups is 1. The summed E-state index contributed by atoms with van der Waals surface area (Å²) >= 11 is 0. The van der Waals surface area contributed by atoms with E-state index >= 15 is 0 Å². The number of piperazine rings is 1. The molecule has 1 N–H and O–H groups in total. The largest absolute Gasteiger partial charge is 0.511 e. The molecule has 0 aliphatic carbocycles. The Labute approximate surface area is 162 Å². The lowest BCUT2D eigenvalue weighted by Gasteiger charge is -2.37. The van der Waals surface area contributed by atoms with Crippen LogP contribution in [0.25, 0.3) is 0 Å². The first-order valence-corrected chi connectivity index (χ1v) is 8.97. The molecule has 1 aromatic rings. The third-order valence-corrected chi connectivity index (χ3v) is 4.22. The second kappa shape index (κ2) is 8.32. The summed E-state index contributed by atoms with van der Waals surface area (Å²) < 4.78 is 10.2. The van der Waals surface area contributed by atoms with E-state index in [1.165, 1.54) is 12.1 Å². The van der Waals surface area contributed by atoms with Gasteiger partial charge in [0, 0.05) is 32.2 Å². The van der Waals surface area contributed by atoms with Gasteiger partial charge in [0.1, 0.15) is 5.60 Å². The summed E-state index contributed by atoms with van der Waals surface area (Å²) in [6.45, 7) is 8.52. The number of carbonyl (C=O) groups is 2. The van der Waals surface area contributed by atoms with E-state index in [-0.39, 0.29) is 11.4 Å². The minimum absolute atomic E-state index is 0.0423. The van der Waals surface area contributed by atoms with Crippen LogP contribution in [-0.4, -0.2) is 59.0 Å². The summed E-state index contributed by atoms with van der Waals surface area (Å²) in [7, 11) is 0. The maximum absolute atomic E-state index is 12.2. The fourth-order valence-corrected chi connectivity index (χ4v) is 3.09. The maximum Gasteiger partial charge on any atom is 0.511 e. The van der Waals surface area contributed by atoms with Gasteiger partial charge in [0.05, 0.1) is 16.2 Å². The van der Waals surface area contributed by atoms with Crippen molar-refractivity contribution in [1.29, 1.82) is 0 Å². The van der Waals surface area contributed by atoms with E-state index in [2.05, 4.69) is 0 Å². The monoisotopic (exact) mass is 395 g/mol. The molecule has 1 aliphatic heterocycles. The van der Waals surface area contributed by atoms with Crippen molar-refractivity contribution in [1.82, 2.24) is 4.90 Å². The normalized spacial score (nSPS) is 14.6. The van der Waals surface area contributed by atoms with E-state index in [0.717, 1.165) is 0 Å². The number of nitro benzene ring substituents is 1. The molecule has 28 heavy (non-hydrogen) atoms. The van der Waals surface area contributed by atoms with Crippen LogP contribution in [0.1, 0.15) is 33.3 Å². The fraction of sp³-hybridized carbons (Fsp3) is 0.556. The van der Waals surface area contributed by atoms with Crippen LogP contribution >= 0.6 is 0 Å². The Morgan fingerprint density at radius 2 is 1.82 bits per heavy atom. The van der Waals surface area contributed by atoms with E-state index in [0.29, 0.717) is 43.9 Å². The third kappa shape index (κ3) is 5.02. The average molecular weight is 395 g/mol. The smallest absolute Gasteiger partial charge is 0.449 e. The number of rotatable bonds is 4. The van der Waals surface area contributed by atoms with Gasteiger partial charge < -0.3 is 24.4 Å². The fourth-order valence-electron chi connectivity index (χ4n) is 3.09. The topological polar surface area (TPSA) is 122 Å². The van der Waals surface area contributed by atoms with Gasteiger partial charge in [-0.2, -0.15) is 0 Å². The first kappa shape index (κ1) is 21.3. The molecule has 0 spiro atoms. The number of anilines is 1. The van der Waals surface area contributed by atoms with Gasteiger partial charge in [0.15, 0.2) is 5.75 Å². The number of hydrogen-bond acceptors (Lipinski definition) is 7. The van der Waals surface area contributed by atoms with Crippen molar-refractivity contribution < 1.29 is 29.1 Å². The second-order valence-corrected chi connectivity index (χ2v) is 7.34. The van der Waals surface area contributed by atoms with Gasteiger partial charge in [0.2, 0.25) is 0 Å². The Bertz CT molecular complexity index is 765. The highest BCUT2D eigenvalue weighted by molar-refractivity contribution is 5.75. The molecule has 0 unspecified atom stereocenters. The number of nitrogens with zero attached hydrogens (tertiary/aromatic N) is 3. The number of carboxylic acid groups (broad SMARTS) is 1. The SMILES string of the molecule is CCc1c([N+](=O)[O-])ccc(OC(=O)O)c1N1CCN(C(=O)OC(C)(C)C)CC1. The zero-order chi connectivity index (χ0) is 21.1. The Balaban J connectivity index is 2.29. The van der Waals surface area contributed by atoms with Gasteiger partial charge in [0.25, 0.3) is 5.69 Å². The van der Waals surface area contributed by atoms with E-state index in [4.69, 9.17) is 14.6 Å². The molecular formula is C18H25N3O7. The summed E-state index contributed by atoms with van der Waals surface area (Å²) in [5.74, 6) is 0.0423. The van der Waals surface area contributed by atoms with Crippen LogP contribution in [0.4, 0.5) is 21.0 Å². The quantitative estimate of drug-likeness (QED) is 0.357. The molecule has 10 heteroatoms. The molecule has 0 bridgehead atoms. The van der Waals surface area contributed by atoms with Gasteiger partial charge in [-0.05, 0) is 33.3 Å². The van der Waals surface area contributed by atoms with Crippen molar-refractivity contribution in [3.8, 4) is 5.75 Å². The first-order valence-electron chi connectivity index (χ1n) is 8.97. The Kier molecular flexibility index (Phi) is 6.32. The molecule has 0 radical (unpaired) electrons. The van der Waals surface area contributed by atoms with Crippen LogP contribution in [0, 0.1) is 10.1 Å². The van der Waals surface area contributed by atoms with Gasteiger partial charge in [-0.3, -0.25) is 10.1 Å². The van der Waals surface area contributed by atoms with Crippen molar-refractivity contribution in [2.24, 2.45) is 0 Å². The molecule has 10 nitrogen and oxygen atoms in total. The summed E-state index contributed by atoms with van der Waals surface area (Å²) in [6.07, 6.45) is -1.59. The Hall–Kier alpha value is -3.04. The number of amides is 1. The molecule has 1 heterocycles. The first-order chi connectivity index (χ1) is 13.0. The zero-order valence-corrected chi connectivity index (χ0v) is 16.4. The summed E-state index contributed by atoms with van der Waals surface area (Å²) in [6, 6.07) is 2.54. The third-order valence-electron chi connectivity index (χ3n) is 4.22. The van der Waals surface area contributed by atoms with Crippen molar-refractivity contribution in [2.45, 2.75) is 39.7 Å². The standard InChI is InChI=1S/C18H25N3O7/c1-5-12-13(21(25)26)6-7-14(27-17(23)24)15(12)19-8-10-20(11-9-19)16(22)28-18(2,3)4/h6-7H,5,8-11H2,1-4H3,(H,23,24). The molecule has 2 rings (SSSR count). The van der Waals surface area contributed by atoms with Gasteiger partial charge >= 0.3 is 12.2 Å². The molecular weight excluding hydrogens is 370 g/mol. The van der Waals surface area contributed by atoms with Gasteiger partial charge in [-0.1, -0.05) is 6.92 Å². The molecule has 1 aromatic carbocycles. The van der Waals surface area contributed by atoms with E-state index in [1.807, 2.05) is 4.90 Å². The zero-order valence-electron chi connectivity index (χ0n) is 16.4. The predicted molar refractivity (Wildman–Crippen MR) is 101 cm³/mol. The predicted octanol–water partition coefficient (Wildman–Crippen LogP) is 3.27. The molecule has 1 fully saturated rings. The minimum atomic E-state index is -1.50. The summed E-state index contributed by atoms with van der Waals surface area (Å²) in [4.78, 5) is 37.5. The summed E-state index contributed by atoms with van der Waals surface area (Å²) in [5.41, 5.74) is 0.0776. The Morgan fingerprint density at radius 3 is 2.29 bits per heavy atom. The molecule has 1 amide bonds. The maximum atomic E-state index is 12.2. The van der Waals surface area contributed by atoms with Crippen LogP contribution in [-0.2, 0) is 11.2 Å². The number of ether oxygens (including phenoxy) is 2. The minimum Gasteiger partial charge on any atom is -0.449 e. The molecule has 1 aliphatic rings. The van der Waals surface area contributed by atoms with Gasteiger partial charge in [-0.25, -0.2) is 9.59 Å². The molecule has 154 valence electrons. The highest BCUT2D eigenvalue weighted by Crippen LogP contribution is 2.39. The molecule has 0 saturated carbocycles. The lowest BCUT2D eigenvalue weighted by molar-refractivity contribution is -0.385. The molecule has 0 aromatic heterocycles. The van der Waals surface area contributed by atoms with Crippen LogP contribution in [0.15, 0.2) is 12.1 Å². The average Bonchev–Trinajstić information content (AvgIpc) is 2.59.